The fourth-order valence-electron chi connectivity index (χ4n) is 2.25. The molecule has 21 heavy (non-hydrogen) atoms. The largest absolute Gasteiger partial charge is 0.494 e. The summed E-state index contributed by atoms with van der Waals surface area (Å²) in [6, 6.07) is 14.5. The molecular weight excluding hydrogens is 288 g/mol. The zero-order valence-electron chi connectivity index (χ0n) is 11.5. The molecule has 3 aromatic rings. The molecule has 0 saturated carbocycles. The summed E-state index contributed by atoms with van der Waals surface area (Å²) in [4.78, 5) is 0. The second-order valence-corrected chi connectivity index (χ2v) is 5.17. The number of rotatable bonds is 4. The van der Waals surface area contributed by atoms with Crippen molar-refractivity contribution in [3.8, 4) is 5.75 Å². The molecule has 0 aliphatic carbocycles. The molecule has 0 bridgehead atoms. The van der Waals surface area contributed by atoms with Crippen LogP contribution in [0.4, 0.5) is 0 Å². The van der Waals surface area contributed by atoms with Crippen molar-refractivity contribution in [2.75, 3.05) is 6.61 Å². The van der Waals surface area contributed by atoms with Gasteiger partial charge in [0.1, 0.15) is 23.2 Å². The summed E-state index contributed by atoms with van der Waals surface area (Å²) >= 11 is 5.95. The Morgan fingerprint density at radius 3 is 2.62 bits per heavy atom. The molecule has 4 heteroatoms. The molecular formula is C17H15ClO3. The molecule has 1 unspecified atom stereocenters. The molecule has 0 amide bonds. The van der Waals surface area contributed by atoms with Crippen LogP contribution in [0.3, 0.4) is 0 Å². The molecule has 0 spiro atoms. The van der Waals surface area contributed by atoms with Gasteiger partial charge in [0.2, 0.25) is 0 Å². The molecule has 1 aromatic heterocycles. The van der Waals surface area contributed by atoms with E-state index >= 15 is 0 Å². The number of aliphatic hydroxyl groups excluding tert-OH is 1. The molecule has 0 aliphatic heterocycles. The normalized spacial score (nSPS) is 12.5. The van der Waals surface area contributed by atoms with Crippen molar-refractivity contribution in [3.63, 3.8) is 0 Å². The Hall–Kier alpha value is -1.97. The number of furan rings is 1. The van der Waals surface area contributed by atoms with Crippen molar-refractivity contribution in [3.05, 3.63) is 64.9 Å². The van der Waals surface area contributed by atoms with E-state index in [1.807, 2.05) is 43.3 Å². The van der Waals surface area contributed by atoms with Crippen LogP contribution in [0.25, 0.3) is 11.0 Å². The van der Waals surface area contributed by atoms with Gasteiger partial charge in [0.25, 0.3) is 0 Å². The van der Waals surface area contributed by atoms with Gasteiger partial charge in [-0.3, -0.25) is 0 Å². The van der Waals surface area contributed by atoms with Crippen molar-refractivity contribution in [2.24, 2.45) is 0 Å². The number of halogens is 1. The van der Waals surface area contributed by atoms with Gasteiger partial charge in [0.05, 0.1) is 6.61 Å². The number of hydrogen-bond donors (Lipinski definition) is 1. The summed E-state index contributed by atoms with van der Waals surface area (Å²) < 4.78 is 11.1. The van der Waals surface area contributed by atoms with Gasteiger partial charge in [-0.15, -0.1) is 0 Å². The van der Waals surface area contributed by atoms with Crippen LogP contribution in [0, 0.1) is 0 Å². The fraction of sp³-hybridized carbons (Fsp3) is 0.176. The van der Waals surface area contributed by atoms with Gasteiger partial charge in [-0.1, -0.05) is 23.7 Å². The molecule has 3 nitrogen and oxygen atoms in total. The Balaban J connectivity index is 1.90. The third-order valence-corrected chi connectivity index (χ3v) is 3.51. The number of hydrogen-bond acceptors (Lipinski definition) is 3. The first-order chi connectivity index (χ1) is 10.2. The van der Waals surface area contributed by atoms with E-state index in [1.54, 1.807) is 12.1 Å². The highest BCUT2D eigenvalue weighted by molar-refractivity contribution is 6.31. The molecule has 0 radical (unpaired) electrons. The molecule has 0 saturated heterocycles. The average Bonchev–Trinajstić information content (AvgIpc) is 2.90. The standard InChI is InChI=1S/C17H15ClO3/c1-2-20-14-6-3-11(4-7-14)17(19)16-10-12-9-13(18)5-8-15(12)21-16/h3-10,17,19H,2H2,1H3. The van der Waals surface area contributed by atoms with Gasteiger partial charge in [-0.25, -0.2) is 0 Å². The summed E-state index contributed by atoms with van der Waals surface area (Å²) in [6.45, 7) is 2.55. The Kier molecular flexibility index (Phi) is 3.86. The SMILES string of the molecule is CCOc1ccc(C(O)c2cc3cc(Cl)ccc3o2)cc1. The lowest BCUT2D eigenvalue weighted by molar-refractivity contribution is 0.192. The predicted octanol–water partition coefficient (Wildman–Crippen LogP) is 4.57. The number of fused-ring (bicyclic) bond motifs is 1. The van der Waals surface area contributed by atoms with Gasteiger partial charge >= 0.3 is 0 Å². The molecule has 0 aliphatic rings. The first-order valence-corrected chi connectivity index (χ1v) is 7.15. The van der Waals surface area contributed by atoms with Gasteiger partial charge in [-0.2, -0.15) is 0 Å². The highest BCUT2D eigenvalue weighted by atomic mass is 35.5. The average molecular weight is 303 g/mol. The monoisotopic (exact) mass is 302 g/mol. The first-order valence-electron chi connectivity index (χ1n) is 6.77. The number of aliphatic hydroxyl groups is 1. The van der Waals surface area contributed by atoms with E-state index in [0.717, 1.165) is 16.7 Å². The summed E-state index contributed by atoms with van der Waals surface area (Å²) in [5.74, 6) is 1.28. The molecule has 1 N–H and O–H groups in total. The van der Waals surface area contributed by atoms with Crippen LogP contribution in [0.5, 0.6) is 5.75 Å². The fourth-order valence-corrected chi connectivity index (χ4v) is 2.43. The van der Waals surface area contributed by atoms with Crippen molar-refractivity contribution in [2.45, 2.75) is 13.0 Å². The second-order valence-electron chi connectivity index (χ2n) is 4.74. The lowest BCUT2D eigenvalue weighted by Crippen LogP contribution is -1.98. The van der Waals surface area contributed by atoms with E-state index < -0.39 is 6.10 Å². The van der Waals surface area contributed by atoms with Crippen LogP contribution in [-0.4, -0.2) is 11.7 Å². The quantitative estimate of drug-likeness (QED) is 0.768. The Labute approximate surface area is 127 Å². The summed E-state index contributed by atoms with van der Waals surface area (Å²) in [6.07, 6.45) is -0.813. The van der Waals surface area contributed by atoms with E-state index in [-0.39, 0.29) is 0 Å². The summed E-state index contributed by atoms with van der Waals surface area (Å²) in [7, 11) is 0. The lowest BCUT2D eigenvalue weighted by Gasteiger charge is -2.09. The Morgan fingerprint density at radius 1 is 1.14 bits per heavy atom. The molecule has 0 fully saturated rings. The van der Waals surface area contributed by atoms with Crippen LogP contribution in [0.1, 0.15) is 24.4 Å². The second kappa shape index (κ2) is 5.80. The molecule has 1 heterocycles. The third-order valence-electron chi connectivity index (χ3n) is 3.27. The maximum atomic E-state index is 10.4. The number of benzene rings is 2. The van der Waals surface area contributed by atoms with E-state index in [1.165, 1.54) is 0 Å². The van der Waals surface area contributed by atoms with E-state index in [2.05, 4.69) is 0 Å². The third kappa shape index (κ3) is 2.89. The van der Waals surface area contributed by atoms with E-state index in [0.29, 0.717) is 23.0 Å². The summed E-state index contributed by atoms with van der Waals surface area (Å²) in [5, 5.41) is 11.9. The smallest absolute Gasteiger partial charge is 0.138 e. The highest BCUT2D eigenvalue weighted by Crippen LogP contribution is 2.30. The van der Waals surface area contributed by atoms with Crippen LogP contribution in [-0.2, 0) is 0 Å². The summed E-state index contributed by atoms with van der Waals surface area (Å²) in [5.41, 5.74) is 1.46. The Bertz CT molecular complexity index is 746. The van der Waals surface area contributed by atoms with Gasteiger partial charge in [-0.05, 0) is 48.9 Å². The van der Waals surface area contributed by atoms with Gasteiger partial charge < -0.3 is 14.3 Å². The van der Waals surface area contributed by atoms with Crippen LogP contribution in [0.15, 0.2) is 52.9 Å². The predicted molar refractivity (Wildman–Crippen MR) is 82.9 cm³/mol. The molecule has 1 atom stereocenters. The van der Waals surface area contributed by atoms with Crippen molar-refractivity contribution < 1.29 is 14.3 Å². The van der Waals surface area contributed by atoms with Crippen LogP contribution in [0.2, 0.25) is 5.02 Å². The lowest BCUT2D eigenvalue weighted by atomic mass is 10.1. The maximum absolute atomic E-state index is 10.4. The minimum absolute atomic E-state index is 0.497. The molecule has 2 aromatic carbocycles. The zero-order chi connectivity index (χ0) is 14.8. The Morgan fingerprint density at radius 2 is 1.90 bits per heavy atom. The van der Waals surface area contributed by atoms with Gasteiger partial charge in [0, 0.05) is 10.4 Å². The molecule has 108 valence electrons. The van der Waals surface area contributed by atoms with Gasteiger partial charge in [0.15, 0.2) is 0 Å². The van der Waals surface area contributed by atoms with Crippen molar-refractivity contribution >= 4 is 22.6 Å². The van der Waals surface area contributed by atoms with Crippen molar-refractivity contribution in [1.29, 1.82) is 0 Å². The number of ether oxygens (including phenoxy) is 1. The van der Waals surface area contributed by atoms with Crippen LogP contribution < -0.4 is 4.74 Å². The van der Waals surface area contributed by atoms with E-state index in [4.69, 9.17) is 20.8 Å². The first kappa shape index (κ1) is 14.0. The van der Waals surface area contributed by atoms with Crippen LogP contribution >= 0.6 is 11.6 Å². The minimum atomic E-state index is -0.813. The minimum Gasteiger partial charge on any atom is -0.494 e. The zero-order valence-corrected chi connectivity index (χ0v) is 12.3. The topological polar surface area (TPSA) is 42.6 Å². The maximum Gasteiger partial charge on any atom is 0.138 e. The van der Waals surface area contributed by atoms with Crippen molar-refractivity contribution in [1.82, 2.24) is 0 Å². The highest BCUT2D eigenvalue weighted by Gasteiger charge is 2.15. The van der Waals surface area contributed by atoms with E-state index in [9.17, 15) is 5.11 Å². The molecule has 3 rings (SSSR count).